The van der Waals surface area contributed by atoms with E-state index >= 15 is 0 Å². The minimum absolute atomic E-state index is 0.0790. The molecular formula is C29H33N5O4. The summed E-state index contributed by atoms with van der Waals surface area (Å²) in [5.41, 5.74) is 4.02. The van der Waals surface area contributed by atoms with Crippen molar-refractivity contribution in [2.45, 2.75) is 6.92 Å². The maximum absolute atomic E-state index is 12.6. The number of aryl methyl sites for hydroxylation is 1. The molecule has 1 aliphatic rings. The summed E-state index contributed by atoms with van der Waals surface area (Å²) < 4.78 is 5.17. The van der Waals surface area contributed by atoms with E-state index in [-0.39, 0.29) is 24.4 Å². The summed E-state index contributed by atoms with van der Waals surface area (Å²) in [6.07, 6.45) is 0. The Morgan fingerprint density at radius 3 is 2.26 bits per heavy atom. The van der Waals surface area contributed by atoms with Crippen molar-refractivity contribution in [1.82, 2.24) is 9.80 Å². The molecule has 0 radical (unpaired) electrons. The highest BCUT2D eigenvalue weighted by molar-refractivity contribution is 5.99. The van der Waals surface area contributed by atoms with Crippen LogP contribution in [0, 0.1) is 6.92 Å². The first kappa shape index (κ1) is 26.5. The third-order valence-corrected chi connectivity index (χ3v) is 6.40. The van der Waals surface area contributed by atoms with Crippen LogP contribution in [0.3, 0.4) is 0 Å². The van der Waals surface area contributed by atoms with Gasteiger partial charge in [0.25, 0.3) is 5.91 Å². The molecule has 1 fully saturated rings. The number of hydrogen-bond donors (Lipinski definition) is 2. The molecule has 1 heterocycles. The van der Waals surface area contributed by atoms with Gasteiger partial charge in [0.05, 0.1) is 13.7 Å². The summed E-state index contributed by atoms with van der Waals surface area (Å²) >= 11 is 0. The topological polar surface area (TPSA) is 94.2 Å². The van der Waals surface area contributed by atoms with Crippen LogP contribution in [0.25, 0.3) is 0 Å². The van der Waals surface area contributed by atoms with Gasteiger partial charge in [-0.25, -0.2) is 4.79 Å². The molecule has 1 saturated heterocycles. The Morgan fingerprint density at radius 2 is 1.58 bits per heavy atom. The number of nitrogens with zero attached hydrogens (tertiary/aromatic N) is 3. The number of methoxy groups -OCH3 is 1. The Hall–Kier alpha value is -4.53. The Kier molecular flexibility index (Phi) is 8.47. The first-order valence-electron chi connectivity index (χ1n) is 12.5. The van der Waals surface area contributed by atoms with Crippen molar-refractivity contribution >= 4 is 34.9 Å². The highest BCUT2D eigenvalue weighted by Crippen LogP contribution is 2.20. The fourth-order valence-electron chi connectivity index (χ4n) is 4.31. The van der Waals surface area contributed by atoms with E-state index in [1.807, 2.05) is 60.4 Å². The van der Waals surface area contributed by atoms with Crippen molar-refractivity contribution < 1.29 is 19.1 Å². The van der Waals surface area contributed by atoms with Crippen LogP contribution in [-0.2, 0) is 4.79 Å². The summed E-state index contributed by atoms with van der Waals surface area (Å²) in [5.74, 6) is 0.0339. The lowest BCUT2D eigenvalue weighted by Gasteiger charge is -2.36. The van der Waals surface area contributed by atoms with E-state index < -0.39 is 0 Å². The first-order chi connectivity index (χ1) is 18.3. The molecule has 9 heteroatoms. The fraction of sp³-hybridized carbons (Fsp3) is 0.276. The highest BCUT2D eigenvalue weighted by atomic mass is 16.5. The van der Waals surface area contributed by atoms with Crippen molar-refractivity contribution in [2.24, 2.45) is 0 Å². The molecule has 3 aromatic rings. The van der Waals surface area contributed by atoms with Crippen LogP contribution >= 0.6 is 0 Å². The van der Waals surface area contributed by atoms with Gasteiger partial charge in [-0.15, -0.1) is 0 Å². The molecule has 0 spiro atoms. The summed E-state index contributed by atoms with van der Waals surface area (Å²) in [4.78, 5) is 43.2. The monoisotopic (exact) mass is 515 g/mol. The Balaban J connectivity index is 1.24. The lowest BCUT2D eigenvalue weighted by atomic mass is 10.2. The molecule has 0 bridgehead atoms. The van der Waals surface area contributed by atoms with Gasteiger partial charge in [-0.05, 0) is 67.1 Å². The smallest absolute Gasteiger partial charge is 0.321 e. The molecule has 38 heavy (non-hydrogen) atoms. The van der Waals surface area contributed by atoms with Crippen molar-refractivity contribution in [1.29, 1.82) is 0 Å². The second kappa shape index (κ2) is 12.1. The molecule has 1 aliphatic heterocycles. The van der Waals surface area contributed by atoms with Crippen LogP contribution in [0.2, 0.25) is 0 Å². The lowest BCUT2D eigenvalue weighted by Crippen LogP contribution is -2.50. The van der Waals surface area contributed by atoms with E-state index in [2.05, 4.69) is 15.5 Å². The third kappa shape index (κ3) is 6.82. The van der Waals surface area contributed by atoms with Crippen molar-refractivity contribution in [2.75, 3.05) is 62.4 Å². The van der Waals surface area contributed by atoms with Crippen molar-refractivity contribution in [3.63, 3.8) is 0 Å². The zero-order valence-electron chi connectivity index (χ0n) is 21.9. The van der Waals surface area contributed by atoms with E-state index in [4.69, 9.17) is 4.74 Å². The summed E-state index contributed by atoms with van der Waals surface area (Å²) in [7, 11) is 3.13. The van der Waals surface area contributed by atoms with Crippen LogP contribution in [0.15, 0.2) is 72.8 Å². The maximum atomic E-state index is 12.6. The Morgan fingerprint density at radius 1 is 0.868 bits per heavy atom. The number of carbonyl (C=O) groups is 3. The second-order valence-electron chi connectivity index (χ2n) is 9.26. The van der Waals surface area contributed by atoms with Crippen LogP contribution in [0.5, 0.6) is 5.75 Å². The number of anilines is 3. The first-order valence-corrected chi connectivity index (χ1v) is 12.5. The molecule has 2 N–H and O–H groups in total. The second-order valence-corrected chi connectivity index (χ2v) is 9.26. The molecule has 0 saturated carbocycles. The highest BCUT2D eigenvalue weighted by Gasteiger charge is 2.22. The number of likely N-dealkylation sites (N-methyl/N-ethyl adjacent to an activating group) is 1. The largest absolute Gasteiger partial charge is 0.497 e. The minimum atomic E-state index is -0.287. The van der Waals surface area contributed by atoms with Gasteiger partial charge >= 0.3 is 6.03 Å². The number of rotatable bonds is 7. The van der Waals surface area contributed by atoms with Gasteiger partial charge in [0, 0.05) is 55.9 Å². The van der Waals surface area contributed by atoms with E-state index in [0.717, 1.165) is 16.9 Å². The normalized spacial score (nSPS) is 13.0. The van der Waals surface area contributed by atoms with Gasteiger partial charge in [0.1, 0.15) is 5.75 Å². The zero-order valence-corrected chi connectivity index (χ0v) is 21.9. The predicted octanol–water partition coefficient (Wildman–Crippen LogP) is 4.07. The molecule has 0 aliphatic carbocycles. The molecule has 0 unspecified atom stereocenters. The number of piperazine rings is 1. The van der Waals surface area contributed by atoms with Crippen molar-refractivity contribution in [3.05, 3.63) is 83.9 Å². The zero-order chi connectivity index (χ0) is 27.1. The molecule has 4 amide bonds. The van der Waals surface area contributed by atoms with Crippen LogP contribution in [0.4, 0.5) is 21.9 Å². The molecule has 0 aromatic heterocycles. The number of ether oxygens (including phenoxy) is 1. The van der Waals surface area contributed by atoms with Gasteiger partial charge < -0.3 is 30.1 Å². The standard InChI is InChI=1S/C29H33N5O4/c1-21-6-4-8-24(18-21)31-29(37)34-16-14-33(15-17-34)25-12-10-23(11-13-25)30-27(35)20-32(2)28(36)22-7-5-9-26(19-22)38-3/h4-13,18-19H,14-17,20H2,1-3H3,(H,30,35)(H,31,37). The molecule has 198 valence electrons. The number of carbonyl (C=O) groups excluding carboxylic acids is 3. The van der Waals surface area contributed by atoms with Gasteiger partial charge in [0.2, 0.25) is 5.91 Å². The fourth-order valence-corrected chi connectivity index (χ4v) is 4.31. The number of benzene rings is 3. The van der Waals surface area contributed by atoms with E-state index in [1.165, 1.54) is 12.0 Å². The maximum Gasteiger partial charge on any atom is 0.321 e. The average Bonchev–Trinajstić information content (AvgIpc) is 2.93. The summed E-state index contributed by atoms with van der Waals surface area (Å²) in [6, 6.07) is 22.1. The van der Waals surface area contributed by atoms with Crippen LogP contribution < -0.4 is 20.3 Å². The summed E-state index contributed by atoms with van der Waals surface area (Å²) in [5, 5.41) is 5.81. The van der Waals surface area contributed by atoms with Gasteiger partial charge in [-0.1, -0.05) is 18.2 Å². The number of nitrogens with one attached hydrogen (secondary N) is 2. The van der Waals surface area contributed by atoms with Crippen molar-refractivity contribution in [3.8, 4) is 5.75 Å². The van der Waals surface area contributed by atoms with Gasteiger partial charge in [0.15, 0.2) is 0 Å². The number of urea groups is 1. The predicted molar refractivity (Wildman–Crippen MR) is 149 cm³/mol. The van der Waals surface area contributed by atoms with Crippen LogP contribution in [-0.4, -0.2) is 74.5 Å². The Labute approximate surface area is 223 Å². The number of hydrogen-bond acceptors (Lipinski definition) is 5. The lowest BCUT2D eigenvalue weighted by molar-refractivity contribution is -0.116. The Bertz CT molecular complexity index is 1290. The average molecular weight is 516 g/mol. The van der Waals surface area contributed by atoms with Gasteiger partial charge in [-0.3, -0.25) is 9.59 Å². The molecule has 0 atom stereocenters. The van der Waals surface area contributed by atoms with E-state index in [9.17, 15) is 14.4 Å². The van der Waals surface area contributed by atoms with Crippen LogP contribution in [0.1, 0.15) is 15.9 Å². The van der Waals surface area contributed by atoms with E-state index in [1.54, 1.807) is 31.3 Å². The van der Waals surface area contributed by atoms with Gasteiger partial charge in [-0.2, -0.15) is 0 Å². The summed E-state index contributed by atoms with van der Waals surface area (Å²) in [6.45, 7) is 4.57. The minimum Gasteiger partial charge on any atom is -0.497 e. The number of amides is 4. The molecular weight excluding hydrogens is 482 g/mol. The SMILES string of the molecule is COc1cccc(C(=O)N(C)CC(=O)Nc2ccc(N3CCN(C(=O)Nc4cccc(C)c4)CC3)cc2)c1. The third-order valence-electron chi connectivity index (χ3n) is 6.40. The van der Waals surface area contributed by atoms with E-state index in [0.29, 0.717) is 43.2 Å². The molecule has 9 nitrogen and oxygen atoms in total. The molecule has 4 rings (SSSR count). The quantitative estimate of drug-likeness (QED) is 0.495. The molecule has 3 aromatic carbocycles.